The minimum atomic E-state index is -0.0870. The molecule has 1 aliphatic carbocycles. The highest BCUT2D eigenvalue weighted by Gasteiger charge is 2.30. The number of carbonyl (C=O) groups excluding carboxylic acids is 2. The zero-order chi connectivity index (χ0) is 20.1. The summed E-state index contributed by atoms with van der Waals surface area (Å²) in [5.41, 5.74) is 1.75. The summed E-state index contributed by atoms with van der Waals surface area (Å²) in [4.78, 5) is 36.1. The van der Waals surface area contributed by atoms with Crippen molar-refractivity contribution in [3.63, 3.8) is 0 Å². The fourth-order valence-electron chi connectivity index (χ4n) is 4.26. The second-order valence-electron chi connectivity index (χ2n) is 8.08. The zero-order valence-electron chi connectivity index (χ0n) is 16.7. The summed E-state index contributed by atoms with van der Waals surface area (Å²) in [7, 11) is 0. The Morgan fingerprint density at radius 2 is 2.03 bits per heavy atom. The third-order valence-corrected chi connectivity index (χ3v) is 6.83. The van der Waals surface area contributed by atoms with Crippen LogP contribution in [0.25, 0.3) is 10.6 Å². The zero-order valence-corrected chi connectivity index (χ0v) is 17.5. The molecule has 2 amide bonds. The summed E-state index contributed by atoms with van der Waals surface area (Å²) >= 11 is 1.53. The predicted octanol–water partition coefficient (Wildman–Crippen LogP) is 3.44. The number of nitrogens with one attached hydrogen (secondary N) is 1. The van der Waals surface area contributed by atoms with Gasteiger partial charge in [-0.1, -0.05) is 19.3 Å². The summed E-state index contributed by atoms with van der Waals surface area (Å²) in [6.07, 6.45) is 11.4. The fraction of sp³-hybridized carbons (Fsp3) is 0.545. The van der Waals surface area contributed by atoms with E-state index < -0.39 is 0 Å². The van der Waals surface area contributed by atoms with Crippen LogP contribution in [-0.2, 0) is 16.0 Å². The molecule has 4 rings (SSSR count). The molecule has 0 radical (unpaired) electrons. The number of amides is 2. The molecule has 2 aliphatic rings. The van der Waals surface area contributed by atoms with E-state index in [0.29, 0.717) is 12.6 Å². The third-order valence-electron chi connectivity index (χ3n) is 5.89. The van der Waals surface area contributed by atoms with Gasteiger partial charge in [0.15, 0.2) is 0 Å². The van der Waals surface area contributed by atoms with E-state index in [2.05, 4.69) is 15.3 Å². The number of hydrogen-bond acceptors (Lipinski definition) is 5. The first-order valence-corrected chi connectivity index (χ1v) is 11.5. The van der Waals surface area contributed by atoms with Gasteiger partial charge in [0.25, 0.3) is 0 Å². The SMILES string of the molecule is O=C(NC1CCCCC1)C1CCCN(C(=O)Cc2csc(-c3cccnc3)n2)C1. The smallest absolute Gasteiger partial charge is 0.228 e. The number of rotatable bonds is 5. The molecular formula is C22H28N4O2S. The van der Waals surface area contributed by atoms with Crippen molar-refractivity contribution in [2.75, 3.05) is 13.1 Å². The number of nitrogens with zero attached hydrogens (tertiary/aromatic N) is 3. The standard InChI is InChI=1S/C22H28N4O2S/c27-20(12-19-15-29-22(25-19)16-6-4-10-23-13-16)26-11-5-7-17(14-26)21(28)24-18-8-2-1-3-9-18/h4,6,10,13,15,17-18H,1-3,5,7-9,11-12,14H2,(H,24,28). The number of pyridine rings is 1. The quantitative estimate of drug-likeness (QED) is 0.816. The molecule has 1 aliphatic heterocycles. The van der Waals surface area contributed by atoms with Crippen molar-refractivity contribution in [3.05, 3.63) is 35.6 Å². The molecule has 0 spiro atoms. The third kappa shape index (κ3) is 5.21. The highest BCUT2D eigenvalue weighted by atomic mass is 32.1. The van der Waals surface area contributed by atoms with Crippen molar-refractivity contribution in [2.45, 2.75) is 57.4 Å². The summed E-state index contributed by atoms with van der Waals surface area (Å²) in [5.74, 6) is 0.0983. The number of hydrogen-bond donors (Lipinski definition) is 1. The molecule has 1 saturated heterocycles. The number of piperidine rings is 1. The van der Waals surface area contributed by atoms with Crippen molar-refractivity contribution >= 4 is 23.2 Å². The molecule has 7 heteroatoms. The average molecular weight is 413 g/mol. The largest absolute Gasteiger partial charge is 0.353 e. The Bertz CT molecular complexity index is 832. The van der Waals surface area contributed by atoms with Crippen LogP contribution in [-0.4, -0.2) is 45.8 Å². The van der Waals surface area contributed by atoms with Crippen LogP contribution in [0.4, 0.5) is 0 Å². The van der Waals surface area contributed by atoms with Gasteiger partial charge in [0.1, 0.15) is 5.01 Å². The number of carbonyl (C=O) groups is 2. The van der Waals surface area contributed by atoms with Crippen molar-refractivity contribution in [1.29, 1.82) is 0 Å². The van der Waals surface area contributed by atoms with Crippen LogP contribution in [0.5, 0.6) is 0 Å². The Hall–Kier alpha value is -2.28. The van der Waals surface area contributed by atoms with Crippen LogP contribution < -0.4 is 5.32 Å². The van der Waals surface area contributed by atoms with Gasteiger partial charge < -0.3 is 10.2 Å². The van der Waals surface area contributed by atoms with Crippen LogP contribution in [0.15, 0.2) is 29.9 Å². The van der Waals surface area contributed by atoms with Crippen LogP contribution in [0, 0.1) is 5.92 Å². The molecule has 1 unspecified atom stereocenters. The molecule has 0 aromatic carbocycles. The van der Waals surface area contributed by atoms with Gasteiger partial charge in [-0.15, -0.1) is 11.3 Å². The molecule has 3 heterocycles. The van der Waals surface area contributed by atoms with Crippen molar-refractivity contribution in [1.82, 2.24) is 20.2 Å². The van der Waals surface area contributed by atoms with E-state index in [1.54, 1.807) is 12.4 Å². The van der Waals surface area contributed by atoms with E-state index in [1.165, 1.54) is 30.6 Å². The Balaban J connectivity index is 1.31. The number of aromatic nitrogens is 2. The molecule has 29 heavy (non-hydrogen) atoms. The van der Waals surface area contributed by atoms with Crippen molar-refractivity contribution in [3.8, 4) is 10.6 Å². The van der Waals surface area contributed by atoms with Crippen LogP contribution >= 0.6 is 11.3 Å². The first-order valence-electron chi connectivity index (χ1n) is 10.6. The highest BCUT2D eigenvalue weighted by molar-refractivity contribution is 7.13. The van der Waals surface area contributed by atoms with Gasteiger partial charge in [-0.3, -0.25) is 14.6 Å². The topological polar surface area (TPSA) is 75.2 Å². The van der Waals surface area contributed by atoms with Gasteiger partial charge in [0.2, 0.25) is 11.8 Å². The van der Waals surface area contributed by atoms with E-state index in [9.17, 15) is 9.59 Å². The monoisotopic (exact) mass is 412 g/mol. The maximum absolute atomic E-state index is 12.8. The van der Waals surface area contributed by atoms with Crippen LogP contribution in [0.1, 0.15) is 50.6 Å². The van der Waals surface area contributed by atoms with E-state index in [4.69, 9.17) is 0 Å². The normalized spacial score (nSPS) is 20.4. The van der Waals surface area contributed by atoms with Crippen LogP contribution in [0.2, 0.25) is 0 Å². The first-order chi connectivity index (χ1) is 14.2. The van der Waals surface area contributed by atoms with Gasteiger partial charge in [-0.2, -0.15) is 0 Å². The van der Waals surface area contributed by atoms with E-state index in [0.717, 1.165) is 48.5 Å². The number of thiazole rings is 1. The maximum Gasteiger partial charge on any atom is 0.228 e. The van der Waals surface area contributed by atoms with E-state index in [1.807, 2.05) is 22.4 Å². The van der Waals surface area contributed by atoms with Crippen LogP contribution in [0.3, 0.4) is 0 Å². The second kappa shape index (κ2) is 9.48. The molecule has 2 aromatic heterocycles. The first kappa shape index (κ1) is 20.0. The lowest BCUT2D eigenvalue weighted by Gasteiger charge is -2.33. The highest BCUT2D eigenvalue weighted by Crippen LogP contribution is 2.24. The molecule has 1 N–H and O–H groups in total. The lowest BCUT2D eigenvalue weighted by Crippen LogP contribution is -2.48. The van der Waals surface area contributed by atoms with Gasteiger partial charge >= 0.3 is 0 Å². The maximum atomic E-state index is 12.8. The Labute approximate surface area is 175 Å². The molecule has 1 saturated carbocycles. The Kier molecular flexibility index (Phi) is 6.54. The molecule has 154 valence electrons. The van der Waals surface area contributed by atoms with Crippen molar-refractivity contribution in [2.24, 2.45) is 5.92 Å². The van der Waals surface area contributed by atoms with Gasteiger partial charge in [0, 0.05) is 42.5 Å². The van der Waals surface area contributed by atoms with Gasteiger partial charge in [-0.25, -0.2) is 4.98 Å². The van der Waals surface area contributed by atoms with E-state index >= 15 is 0 Å². The Morgan fingerprint density at radius 1 is 1.17 bits per heavy atom. The van der Waals surface area contributed by atoms with Gasteiger partial charge in [0.05, 0.1) is 18.0 Å². The lowest BCUT2D eigenvalue weighted by molar-refractivity contribution is -0.135. The molecule has 6 nitrogen and oxygen atoms in total. The molecule has 2 fully saturated rings. The summed E-state index contributed by atoms with van der Waals surface area (Å²) in [6, 6.07) is 4.18. The van der Waals surface area contributed by atoms with Gasteiger partial charge in [-0.05, 0) is 37.8 Å². The average Bonchev–Trinajstić information content (AvgIpc) is 3.23. The fourth-order valence-corrected chi connectivity index (χ4v) is 5.07. The predicted molar refractivity (Wildman–Crippen MR) is 113 cm³/mol. The molecule has 2 aromatic rings. The van der Waals surface area contributed by atoms with Crippen molar-refractivity contribution < 1.29 is 9.59 Å². The summed E-state index contributed by atoms with van der Waals surface area (Å²) < 4.78 is 0. The molecule has 0 bridgehead atoms. The second-order valence-corrected chi connectivity index (χ2v) is 8.94. The lowest BCUT2D eigenvalue weighted by atomic mass is 9.93. The minimum Gasteiger partial charge on any atom is -0.353 e. The summed E-state index contributed by atoms with van der Waals surface area (Å²) in [5, 5.41) is 6.05. The number of likely N-dealkylation sites (tertiary alicyclic amines) is 1. The Morgan fingerprint density at radius 3 is 2.83 bits per heavy atom. The molecular weight excluding hydrogens is 384 g/mol. The molecule has 1 atom stereocenters. The minimum absolute atomic E-state index is 0.0585. The van der Waals surface area contributed by atoms with E-state index in [-0.39, 0.29) is 24.2 Å². The summed E-state index contributed by atoms with van der Waals surface area (Å²) in [6.45, 7) is 1.25.